The highest BCUT2D eigenvalue weighted by atomic mass is 15.2. The molecule has 0 bridgehead atoms. The number of hydrogen-bond acceptors (Lipinski definition) is 3. The standard InChI is InChI=1S/C56H43N3/c1-56(2)47-34-18-17-33-46(47)51-48(56)35-20-36-49(51)59(43-30-19-29-42(37-43)38-21-7-3-8-22-38)55-45-32-16-15-31-44(45)54(58-53(55)41-27-13-6-14-28-41)50(39-23-9-4-10-24-39)52(57)40-25-11-5-12-26-40/h3-37,57-58H,1-2H3/b54-50-,57-52?. The maximum absolute atomic E-state index is 9.85. The maximum Gasteiger partial charge on any atom is 0.0782 e. The molecule has 1 heterocycles. The van der Waals surface area contributed by atoms with Gasteiger partial charge >= 0.3 is 0 Å². The molecular weight excluding hydrogens is 715 g/mol. The van der Waals surface area contributed by atoms with Crippen molar-refractivity contribution in [2.75, 3.05) is 4.90 Å². The van der Waals surface area contributed by atoms with Gasteiger partial charge in [0, 0.05) is 44.5 Å². The van der Waals surface area contributed by atoms with Crippen molar-refractivity contribution in [2.45, 2.75) is 19.3 Å². The van der Waals surface area contributed by atoms with E-state index in [4.69, 9.17) is 0 Å². The van der Waals surface area contributed by atoms with Crippen molar-refractivity contribution in [1.29, 1.82) is 5.41 Å². The Morgan fingerprint density at radius 1 is 0.475 bits per heavy atom. The lowest BCUT2D eigenvalue weighted by atomic mass is 9.82. The smallest absolute Gasteiger partial charge is 0.0782 e. The lowest BCUT2D eigenvalue weighted by Gasteiger charge is -2.37. The minimum absolute atomic E-state index is 0.183. The first-order valence-corrected chi connectivity index (χ1v) is 20.3. The van der Waals surface area contributed by atoms with Crippen LogP contribution in [0.25, 0.3) is 44.9 Å². The number of hydrogen-bond donors (Lipinski definition) is 2. The second kappa shape index (κ2) is 14.8. The quantitative estimate of drug-likeness (QED) is 0.152. The minimum atomic E-state index is -0.183. The Morgan fingerprint density at radius 2 is 1.00 bits per heavy atom. The fraction of sp³-hybridized carbons (Fsp3) is 0.0536. The first-order chi connectivity index (χ1) is 29.0. The van der Waals surface area contributed by atoms with Crippen molar-refractivity contribution in [2.24, 2.45) is 0 Å². The Balaban J connectivity index is 1.32. The van der Waals surface area contributed by atoms with Gasteiger partial charge < -0.3 is 10.2 Å². The van der Waals surface area contributed by atoms with Crippen LogP contribution in [0.15, 0.2) is 212 Å². The number of benzene rings is 8. The fourth-order valence-corrected chi connectivity index (χ4v) is 9.07. The molecule has 1 aliphatic heterocycles. The van der Waals surface area contributed by atoms with Crippen molar-refractivity contribution in [1.82, 2.24) is 5.32 Å². The van der Waals surface area contributed by atoms with E-state index in [9.17, 15) is 5.41 Å². The molecule has 0 spiro atoms. The topological polar surface area (TPSA) is 39.1 Å². The summed E-state index contributed by atoms with van der Waals surface area (Å²) in [5.74, 6) is 0. The van der Waals surface area contributed by atoms with Gasteiger partial charge in [-0.2, -0.15) is 0 Å². The maximum atomic E-state index is 9.85. The molecule has 8 aromatic rings. The van der Waals surface area contributed by atoms with Gasteiger partial charge in [0.05, 0.1) is 28.5 Å². The van der Waals surface area contributed by atoms with E-state index >= 15 is 0 Å². The van der Waals surface area contributed by atoms with Crippen molar-refractivity contribution in [3.63, 3.8) is 0 Å². The molecule has 0 radical (unpaired) electrons. The average Bonchev–Trinajstić information content (AvgIpc) is 3.54. The molecular formula is C56H43N3. The zero-order valence-electron chi connectivity index (χ0n) is 33.2. The molecule has 0 saturated carbocycles. The van der Waals surface area contributed by atoms with Gasteiger partial charge in [0.1, 0.15) is 0 Å². The van der Waals surface area contributed by atoms with Gasteiger partial charge in [-0.05, 0) is 51.6 Å². The third kappa shape index (κ3) is 6.20. The van der Waals surface area contributed by atoms with Crippen LogP contribution < -0.4 is 10.2 Å². The van der Waals surface area contributed by atoms with Crippen LogP contribution in [-0.4, -0.2) is 5.71 Å². The summed E-state index contributed by atoms with van der Waals surface area (Å²) >= 11 is 0. The Bertz CT molecular complexity index is 2920. The van der Waals surface area contributed by atoms with E-state index in [0.29, 0.717) is 5.71 Å². The number of allylic oxidation sites excluding steroid dienone is 1. The van der Waals surface area contributed by atoms with Crippen LogP contribution in [-0.2, 0) is 5.41 Å². The van der Waals surface area contributed by atoms with Crippen LogP contribution in [0.3, 0.4) is 0 Å². The second-order valence-electron chi connectivity index (χ2n) is 15.7. The lowest BCUT2D eigenvalue weighted by Crippen LogP contribution is -2.29. The Hall–Kier alpha value is -7.49. The summed E-state index contributed by atoms with van der Waals surface area (Å²) in [6, 6.07) is 75.1. The van der Waals surface area contributed by atoms with Crippen LogP contribution in [0.5, 0.6) is 0 Å². The highest BCUT2D eigenvalue weighted by Crippen LogP contribution is 2.55. The SMILES string of the molecule is CC1(C)c2ccccc2-c2c(N(C3=C(c4ccccc4)N/C(=C(\C(=N)c4ccccc4)c4ccccc4)c4ccccc43)c3cccc(-c4ccccc4)c3)cccc21. The molecule has 0 saturated heterocycles. The van der Waals surface area contributed by atoms with Gasteiger partial charge in [-0.1, -0.05) is 208 Å². The molecule has 3 nitrogen and oxygen atoms in total. The normalized spacial score (nSPS) is 14.4. The van der Waals surface area contributed by atoms with Gasteiger partial charge in [0.2, 0.25) is 0 Å². The van der Waals surface area contributed by atoms with Crippen molar-refractivity contribution in [3.8, 4) is 22.3 Å². The van der Waals surface area contributed by atoms with E-state index in [0.717, 1.165) is 73.0 Å². The summed E-state index contributed by atoms with van der Waals surface area (Å²) in [6.45, 7) is 4.69. The predicted octanol–water partition coefficient (Wildman–Crippen LogP) is 13.9. The molecule has 0 amide bonds. The first-order valence-electron chi connectivity index (χ1n) is 20.3. The van der Waals surface area contributed by atoms with E-state index in [-0.39, 0.29) is 5.41 Å². The molecule has 3 heteroatoms. The summed E-state index contributed by atoms with van der Waals surface area (Å²) in [4.78, 5) is 2.49. The van der Waals surface area contributed by atoms with Crippen LogP contribution in [0.2, 0.25) is 0 Å². The van der Waals surface area contributed by atoms with Gasteiger partial charge in [-0.15, -0.1) is 0 Å². The molecule has 2 N–H and O–H groups in total. The summed E-state index contributed by atoms with van der Waals surface area (Å²) in [5, 5.41) is 13.9. The third-order valence-electron chi connectivity index (χ3n) is 11.9. The van der Waals surface area contributed by atoms with E-state index in [1.165, 1.54) is 22.3 Å². The number of rotatable bonds is 8. The van der Waals surface area contributed by atoms with Gasteiger partial charge in [0.15, 0.2) is 0 Å². The molecule has 282 valence electrons. The highest BCUT2D eigenvalue weighted by molar-refractivity contribution is 6.36. The molecule has 0 aromatic heterocycles. The minimum Gasteiger partial charge on any atom is -0.352 e. The van der Waals surface area contributed by atoms with Crippen LogP contribution in [0.4, 0.5) is 11.4 Å². The molecule has 59 heavy (non-hydrogen) atoms. The zero-order chi connectivity index (χ0) is 39.9. The van der Waals surface area contributed by atoms with Crippen molar-refractivity contribution < 1.29 is 0 Å². The zero-order valence-corrected chi connectivity index (χ0v) is 33.2. The summed E-state index contributed by atoms with van der Waals surface area (Å²) in [7, 11) is 0. The van der Waals surface area contributed by atoms with E-state index < -0.39 is 0 Å². The first kappa shape index (κ1) is 35.9. The second-order valence-corrected chi connectivity index (χ2v) is 15.7. The van der Waals surface area contributed by atoms with Gasteiger partial charge in [0.25, 0.3) is 0 Å². The molecule has 8 aromatic carbocycles. The molecule has 0 atom stereocenters. The van der Waals surface area contributed by atoms with Gasteiger partial charge in [-0.25, -0.2) is 0 Å². The van der Waals surface area contributed by atoms with Crippen molar-refractivity contribution in [3.05, 3.63) is 251 Å². The highest BCUT2D eigenvalue weighted by Gasteiger charge is 2.39. The van der Waals surface area contributed by atoms with E-state index in [2.05, 4.69) is 200 Å². The van der Waals surface area contributed by atoms with E-state index in [1.54, 1.807) is 0 Å². The summed E-state index contributed by atoms with van der Waals surface area (Å²) < 4.78 is 0. The molecule has 1 aliphatic carbocycles. The lowest BCUT2D eigenvalue weighted by molar-refractivity contribution is 0.660. The number of fused-ring (bicyclic) bond motifs is 4. The van der Waals surface area contributed by atoms with Crippen LogP contribution in [0.1, 0.15) is 52.8 Å². The largest absolute Gasteiger partial charge is 0.352 e. The number of nitrogens with zero attached hydrogens (tertiary/aromatic N) is 1. The number of nitrogens with one attached hydrogen (secondary N) is 2. The Labute approximate surface area is 346 Å². The monoisotopic (exact) mass is 757 g/mol. The van der Waals surface area contributed by atoms with E-state index in [1.807, 2.05) is 36.4 Å². The average molecular weight is 758 g/mol. The van der Waals surface area contributed by atoms with Crippen LogP contribution >= 0.6 is 0 Å². The molecule has 0 unspecified atom stereocenters. The molecule has 2 aliphatic rings. The predicted molar refractivity (Wildman–Crippen MR) is 247 cm³/mol. The summed E-state index contributed by atoms with van der Waals surface area (Å²) in [6.07, 6.45) is 0. The third-order valence-corrected chi connectivity index (χ3v) is 11.9. The van der Waals surface area contributed by atoms with Crippen molar-refractivity contribution >= 4 is 39.8 Å². The van der Waals surface area contributed by atoms with Gasteiger partial charge in [-0.3, -0.25) is 5.41 Å². The molecule has 10 rings (SSSR count). The molecule has 0 fully saturated rings. The fourth-order valence-electron chi connectivity index (χ4n) is 9.07. The summed E-state index contributed by atoms with van der Waals surface area (Å²) in [5.41, 5.74) is 18.6. The Morgan fingerprint density at radius 3 is 1.69 bits per heavy atom. The number of anilines is 2. The van der Waals surface area contributed by atoms with Crippen LogP contribution in [0, 0.1) is 5.41 Å². The Kier molecular flexibility index (Phi) is 8.99.